The van der Waals surface area contributed by atoms with Crippen LogP contribution in [-0.4, -0.2) is 52.0 Å². The lowest BCUT2D eigenvalue weighted by atomic mass is 10.0. The van der Waals surface area contributed by atoms with Crippen LogP contribution < -0.4 is 0 Å². The number of rotatable bonds is 12. The standard InChI is InChI=1S/C29H29N3OS.C15H11BrO2/c1-5-32(4)19-30-25-17-20(2)24(16-21(25)3)18-26-31-27(22-12-8-6-9-13-22)29(34-26)28(33)23-14-10-7-11-15-23;16-13(14(17)11-7-3-1-4-8-11)15(18)12-9-5-2-6-10-12/h6-17,19H,5,18H2,1-4H3;1-10,13H. The fourth-order valence-corrected chi connectivity index (χ4v) is 6.92. The number of Topliss-reactive ketones (excluding diaryl/α,β-unsaturated/α-hetero) is 2. The molecular formula is C44H40BrN3O3S. The molecule has 0 aliphatic carbocycles. The van der Waals surface area contributed by atoms with Crippen molar-refractivity contribution in [1.29, 1.82) is 0 Å². The quantitative estimate of drug-likeness (QED) is 0.0407. The van der Waals surface area contributed by atoms with Crippen molar-refractivity contribution >= 4 is 56.6 Å². The van der Waals surface area contributed by atoms with E-state index in [9.17, 15) is 14.4 Å². The molecule has 0 atom stereocenters. The van der Waals surface area contributed by atoms with Gasteiger partial charge in [-0.2, -0.15) is 0 Å². The lowest BCUT2D eigenvalue weighted by Crippen LogP contribution is -2.24. The summed E-state index contributed by atoms with van der Waals surface area (Å²) >= 11 is 4.67. The van der Waals surface area contributed by atoms with Crippen molar-refractivity contribution in [1.82, 2.24) is 9.88 Å². The average molecular weight is 771 g/mol. The fourth-order valence-electron chi connectivity index (χ4n) is 5.32. The van der Waals surface area contributed by atoms with Crippen LogP contribution in [0.5, 0.6) is 0 Å². The zero-order valence-corrected chi connectivity index (χ0v) is 32.0. The Morgan fingerprint density at radius 1 is 0.750 bits per heavy atom. The Balaban J connectivity index is 0.000000244. The van der Waals surface area contributed by atoms with Gasteiger partial charge < -0.3 is 4.90 Å². The SMILES string of the molecule is CCN(C)C=Nc1cc(C)c(Cc2nc(-c3ccccc3)c(C(=O)c3ccccc3)s2)cc1C.O=C(c1ccccc1)C(Br)C(=O)c1ccccc1. The van der Waals surface area contributed by atoms with Gasteiger partial charge in [-0.3, -0.25) is 14.4 Å². The molecule has 6 aromatic rings. The molecule has 1 aromatic heterocycles. The average Bonchev–Trinajstić information content (AvgIpc) is 3.62. The second kappa shape index (κ2) is 18.3. The highest BCUT2D eigenvalue weighted by molar-refractivity contribution is 9.10. The summed E-state index contributed by atoms with van der Waals surface area (Å²) in [5.74, 6) is -0.422. The zero-order valence-electron chi connectivity index (χ0n) is 29.6. The number of thiazole rings is 1. The van der Waals surface area contributed by atoms with Crippen molar-refractivity contribution in [2.24, 2.45) is 4.99 Å². The van der Waals surface area contributed by atoms with E-state index in [0.29, 0.717) is 28.0 Å². The molecule has 52 heavy (non-hydrogen) atoms. The van der Waals surface area contributed by atoms with Gasteiger partial charge in [-0.05, 0) is 43.5 Å². The van der Waals surface area contributed by atoms with E-state index >= 15 is 0 Å². The molecule has 5 aromatic carbocycles. The maximum Gasteiger partial charge on any atom is 0.205 e. The number of hydrogen-bond acceptors (Lipinski definition) is 6. The highest BCUT2D eigenvalue weighted by atomic mass is 79.9. The van der Waals surface area contributed by atoms with E-state index < -0.39 is 4.83 Å². The van der Waals surface area contributed by atoms with Crippen molar-refractivity contribution in [3.8, 4) is 11.3 Å². The molecule has 6 rings (SSSR count). The second-order valence-electron chi connectivity index (χ2n) is 12.2. The normalized spacial score (nSPS) is 10.9. The molecule has 0 unspecified atom stereocenters. The van der Waals surface area contributed by atoms with Gasteiger partial charge in [-0.1, -0.05) is 143 Å². The highest BCUT2D eigenvalue weighted by Gasteiger charge is 2.25. The number of carbonyl (C=O) groups is 3. The smallest absolute Gasteiger partial charge is 0.205 e. The van der Waals surface area contributed by atoms with Crippen LogP contribution in [0.25, 0.3) is 11.3 Å². The van der Waals surface area contributed by atoms with E-state index in [0.717, 1.165) is 34.1 Å². The van der Waals surface area contributed by atoms with Crippen LogP contribution in [0.15, 0.2) is 138 Å². The Morgan fingerprint density at radius 2 is 1.25 bits per heavy atom. The molecule has 6 nitrogen and oxygen atoms in total. The molecule has 1 heterocycles. The first kappa shape index (κ1) is 37.9. The van der Waals surface area contributed by atoms with Gasteiger partial charge in [0.25, 0.3) is 0 Å². The summed E-state index contributed by atoms with van der Waals surface area (Å²) in [7, 11) is 2.02. The predicted octanol–water partition coefficient (Wildman–Crippen LogP) is 10.4. The van der Waals surface area contributed by atoms with Gasteiger partial charge in [0.1, 0.15) is 9.70 Å². The van der Waals surface area contributed by atoms with Crippen molar-refractivity contribution in [3.05, 3.63) is 177 Å². The van der Waals surface area contributed by atoms with E-state index in [-0.39, 0.29) is 17.3 Å². The molecule has 0 N–H and O–H groups in total. The molecular weight excluding hydrogens is 730 g/mol. The summed E-state index contributed by atoms with van der Waals surface area (Å²) in [6, 6.07) is 41.3. The summed E-state index contributed by atoms with van der Waals surface area (Å²) < 4.78 is 0. The first-order valence-electron chi connectivity index (χ1n) is 17.0. The third-order valence-corrected chi connectivity index (χ3v) is 10.3. The number of hydrogen-bond donors (Lipinski definition) is 0. The molecule has 0 saturated carbocycles. The molecule has 0 radical (unpaired) electrons. The first-order valence-corrected chi connectivity index (χ1v) is 18.7. The van der Waals surface area contributed by atoms with E-state index in [4.69, 9.17) is 4.98 Å². The Hall–Kier alpha value is -5.31. The van der Waals surface area contributed by atoms with Crippen LogP contribution in [0.3, 0.4) is 0 Å². The summed E-state index contributed by atoms with van der Waals surface area (Å²) in [5.41, 5.74) is 7.94. The Kier molecular flexibility index (Phi) is 13.3. The van der Waals surface area contributed by atoms with Crippen LogP contribution >= 0.6 is 27.3 Å². The molecule has 262 valence electrons. The Morgan fingerprint density at radius 3 is 1.77 bits per heavy atom. The number of halogens is 1. The number of ketones is 3. The molecule has 0 fully saturated rings. The number of benzene rings is 5. The maximum absolute atomic E-state index is 13.4. The molecule has 0 aliphatic rings. The predicted molar refractivity (Wildman–Crippen MR) is 217 cm³/mol. The van der Waals surface area contributed by atoms with Crippen LogP contribution in [0, 0.1) is 13.8 Å². The number of alkyl halides is 1. The highest BCUT2D eigenvalue weighted by Crippen LogP contribution is 2.33. The van der Waals surface area contributed by atoms with Gasteiger partial charge in [0.05, 0.1) is 22.7 Å². The molecule has 0 bridgehead atoms. The number of aromatic nitrogens is 1. The van der Waals surface area contributed by atoms with Crippen molar-refractivity contribution in [2.45, 2.75) is 32.0 Å². The molecule has 0 aliphatic heterocycles. The van der Waals surface area contributed by atoms with E-state index in [1.54, 1.807) is 48.5 Å². The van der Waals surface area contributed by atoms with E-state index in [1.807, 2.05) is 86.2 Å². The number of aryl methyl sites for hydroxylation is 2. The van der Waals surface area contributed by atoms with Gasteiger partial charge in [0.2, 0.25) is 5.78 Å². The number of aliphatic imine (C=N–C) groups is 1. The summed E-state index contributed by atoms with van der Waals surface area (Å²) in [6.07, 6.45) is 2.55. The van der Waals surface area contributed by atoms with Gasteiger partial charge >= 0.3 is 0 Å². The number of nitrogens with zero attached hydrogens (tertiary/aromatic N) is 3. The summed E-state index contributed by atoms with van der Waals surface area (Å²) in [6.45, 7) is 7.21. The zero-order chi connectivity index (χ0) is 37.0. The van der Waals surface area contributed by atoms with Gasteiger partial charge in [0.15, 0.2) is 11.6 Å². The Bertz CT molecular complexity index is 2100. The molecule has 8 heteroatoms. The molecule has 0 amide bonds. The monoisotopic (exact) mass is 769 g/mol. The van der Waals surface area contributed by atoms with Crippen LogP contribution in [-0.2, 0) is 6.42 Å². The minimum atomic E-state index is -0.831. The van der Waals surface area contributed by atoms with Gasteiger partial charge in [-0.25, -0.2) is 9.98 Å². The fraction of sp³-hybridized carbons (Fsp3) is 0.159. The minimum absolute atomic E-state index is 0.0147. The Labute approximate surface area is 318 Å². The third-order valence-electron chi connectivity index (χ3n) is 8.43. The van der Waals surface area contributed by atoms with Crippen molar-refractivity contribution in [3.63, 3.8) is 0 Å². The third kappa shape index (κ3) is 9.72. The second-order valence-corrected chi connectivity index (χ2v) is 14.2. The van der Waals surface area contributed by atoms with E-state index in [2.05, 4.69) is 58.7 Å². The number of carbonyl (C=O) groups excluding carboxylic acids is 3. The lowest BCUT2D eigenvalue weighted by molar-refractivity contribution is 0.0905. The largest absolute Gasteiger partial charge is 0.366 e. The molecule has 0 spiro atoms. The van der Waals surface area contributed by atoms with Crippen molar-refractivity contribution in [2.75, 3.05) is 13.6 Å². The van der Waals surface area contributed by atoms with Crippen LogP contribution in [0.1, 0.15) is 64.6 Å². The topological polar surface area (TPSA) is 79.7 Å². The maximum atomic E-state index is 13.4. The van der Waals surface area contributed by atoms with Gasteiger partial charge in [-0.15, -0.1) is 11.3 Å². The first-order chi connectivity index (χ1) is 25.2. The molecule has 0 saturated heterocycles. The van der Waals surface area contributed by atoms with Crippen LogP contribution in [0.4, 0.5) is 5.69 Å². The minimum Gasteiger partial charge on any atom is -0.366 e. The van der Waals surface area contributed by atoms with Gasteiger partial charge in [0, 0.05) is 42.3 Å². The summed E-state index contributed by atoms with van der Waals surface area (Å²) in [4.78, 5) is 49.1. The van der Waals surface area contributed by atoms with Crippen LogP contribution in [0.2, 0.25) is 0 Å². The van der Waals surface area contributed by atoms with E-state index in [1.165, 1.54) is 22.5 Å². The lowest BCUT2D eigenvalue weighted by Gasteiger charge is -2.11. The summed E-state index contributed by atoms with van der Waals surface area (Å²) in [5, 5.41) is 0.933. The van der Waals surface area contributed by atoms with Crippen molar-refractivity contribution < 1.29 is 14.4 Å².